The van der Waals surface area contributed by atoms with E-state index in [9.17, 15) is 32.7 Å². The summed E-state index contributed by atoms with van der Waals surface area (Å²) in [4.78, 5) is 23.9. The summed E-state index contributed by atoms with van der Waals surface area (Å²) in [6.45, 7) is 2.49. The van der Waals surface area contributed by atoms with E-state index in [-0.39, 0.29) is 34.4 Å². The Morgan fingerprint density at radius 2 is 2.02 bits per heavy atom. The van der Waals surface area contributed by atoms with Crippen LogP contribution in [0, 0.1) is 22.6 Å². The number of hydrogen-bond acceptors (Lipinski definition) is 8. The Kier molecular flexibility index (Phi) is 8.41. The predicted octanol–water partition coefficient (Wildman–Crippen LogP) is 4.64. The molecule has 13 heteroatoms. The second-order valence-corrected chi connectivity index (χ2v) is 10.8. The summed E-state index contributed by atoms with van der Waals surface area (Å²) >= 11 is 0. The molecule has 1 amide bonds. The van der Waals surface area contributed by atoms with E-state index < -0.39 is 37.0 Å². The molecule has 1 saturated carbocycles. The zero-order valence-corrected chi connectivity index (χ0v) is 23.2. The van der Waals surface area contributed by atoms with Gasteiger partial charge in [-0.05, 0) is 62.2 Å². The molecule has 1 atom stereocenters. The average molecular weight is 600 g/mol. The highest BCUT2D eigenvalue weighted by atomic mass is 19.4. The van der Waals surface area contributed by atoms with Gasteiger partial charge in [0.05, 0.1) is 48.2 Å². The first-order chi connectivity index (χ1) is 20.5. The van der Waals surface area contributed by atoms with Crippen molar-refractivity contribution >= 4 is 11.6 Å². The Balaban J connectivity index is 1.33. The molecular weight excluding hydrogens is 570 g/mol. The minimum absolute atomic E-state index is 0.0711. The van der Waals surface area contributed by atoms with E-state index >= 15 is 0 Å². The molecule has 2 aromatic heterocycles. The fourth-order valence-electron chi connectivity index (χ4n) is 5.62. The summed E-state index contributed by atoms with van der Waals surface area (Å²) < 4.78 is 64.3. The number of alkyl halides is 3. The van der Waals surface area contributed by atoms with Gasteiger partial charge in [0, 0.05) is 24.7 Å². The summed E-state index contributed by atoms with van der Waals surface area (Å²) in [5.41, 5.74) is 1.41. The molecule has 1 aliphatic carbocycles. The minimum Gasteiger partial charge on any atom is -0.488 e. The van der Waals surface area contributed by atoms with Crippen molar-refractivity contribution in [2.75, 3.05) is 31.2 Å². The number of aliphatic hydroxyl groups is 1. The number of nitriles is 1. The van der Waals surface area contributed by atoms with Crippen LogP contribution in [0.3, 0.4) is 0 Å². The third-order valence-electron chi connectivity index (χ3n) is 7.52. The number of pyridine rings is 2. The average Bonchev–Trinajstić information content (AvgIpc) is 2.93. The maximum atomic E-state index is 13.5. The van der Waals surface area contributed by atoms with Gasteiger partial charge in [0.25, 0.3) is 5.91 Å². The molecule has 1 aliphatic heterocycles. The van der Waals surface area contributed by atoms with Crippen molar-refractivity contribution in [1.82, 2.24) is 15.3 Å². The fraction of sp³-hybridized carbons (Fsp3) is 0.400. The topological polar surface area (TPSA) is 121 Å². The van der Waals surface area contributed by atoms with E-state index in [1.807, 2.05) is 11.0 Å². The number of aromatic nitrogens is 2. The Hall–Kier alpha value is -4.44. The molecule has 43 heavy (non-hydrogen) atoms. The van der Waals surface area contributed by atoms with Gasteiger partial charge in [-0.15, -0.1) is 0 Å². The van der Waals surface area contributed by atoms with Gasteiger partial charge in [-0.25, -0.2) is 14.4 Å². The largest absolute Gasteiger partial charge is 0.488 e. The van der Waals surface area contributed by atoms with Crippen LogP contribution in [0.15, 0.2) is 48.7 Å². The maximum Gasteiger partial charge on any atom is 0.391 e. The number of halogens is 4. The van der Waals surface area contributed by atoms with Crippen molar-refractivity contribution in [3.05, 3.63) is 65.7 Å². The van der Waals surface area contributed by atoms with E-state index in [0.717, 1.165) is 0 Å². The highest BCUT2D eigenvalue weighted by Gasteiger charge is 2.54. The molecule has 5 rings (SSSR count). The van der Waals surface area contributed by atoms with Crippen molar-refractivity contribution in [1.29, 1.82) is 5.26 Å². The number of rotatable bonds is 10. The number of hydrogen-bond donors (Lipinski definition) is 2. The number of benzene rings is 1. The number of nitrogens with one attached hydrogen (secondary N) is 1. The molecular formula is C30H29F4N5O4. The van der Waals surface area contributed by atoms with Gasteiger partial charge in [0.15, 0.2) is 11.4 Å². The van der Waals surface area contributed by atoms with E-state index in [1.54, 1.807) is 31.2 Å². The monoisotopic (exact) mass is 599 g/mol. The van der Waals surface area contributed by atoms with Crippen LogP contribution in [-0.4, -0.2) is 65.6 Å². The van der Waals surface area contributed by atoms with E-state index in [0.29, 0.717) is 49.5 Å². The van der Waals surface area contributed by atoms with Gasteiger partial charge in [0.2, 0.25) is 5.88 Å². The van der Waals surface area contributed by atoms with Gasteiger partial charge in [-0.2, -0.15) is 18.4 Å². The van der Waals surface area contributed by atoms with Crippen molar-refractivity contribution in [2.24, 2.45) is 5.41 Å². The normalized spacial score (nSPS) is 16.5. The lowest BCUT2D eigenvalue weighted by Crippen LogP contribution is -2.65. The minimum atomic E-state index is -4.60. The lowest BCUT2D eigenvalue weighted by atomic mass is 9.61. The van der Waals surface area contributed by atoms with Crippen LogP contribution in [0.1, 0.15) is 42.2 Å². The number of amides is 1. The van der Waals surface area contributed by atoms with Crippen molar-refractivity contribution in [2.45, 2.75) is 44.5 Å². The Labute approximate surface area is 245 Å². The summed E-state index contributed by atoms with van der Waals surface area (Å²) in [6.07, 6.45) is -3.49. The predicted molar refractivity (Wildman–Crippen MR) is 147 cm³/mol. The number of aliphatic hydroxyl groups excluding tert-OH is 1. The van der Waals surface area contributed by atoms with E-state index in [2.05, 4.69) is 15.3 Å². The molecule has 1 aromatic carbocycles. The van der Waals surface area contributed by atoms with Gasteiger partial charge >= 0.3 is 6.18 Å². The Morgan fingerprint density at radius 1 is 1.26 bits per heavy atom. The van der Waals surface area contributed by atoms with Gasteiger partial charge < -0.3 is 24.8 Å². The van der Waals surface area contributed by atoms with Crippen molar-refractivity contribution in [3.8, 4) is 29.0 Å². The quantitative estimate of drug-likeness (QED) is 0.324. The standard InChI is InChI=1S/C30H29F4N5O4/c1-2-42-28-22(4-3-9-36-28)23-6-8-25(26(38-23)27(41)37-20(15-40)11-30(32,33)34)43-21-12-29(13-21)16-39(17-29)24-7-5-19(31)10-18(24)14-35/h3-10,20-21,40H,2,11-13,15-17H2,1H3,(H,37,41). The smallest absolute Gasteiger partial charge is 0.391 e. The van der Waals surface area contributed by atoms with Crippen LogP contribution in [0.4, 0.5) is 23.2 Å². The molecule has 2 N–H and O–H groups in total. The Morgan fingerprint density at radius 3 is 2.70 bits per heavy atom. The van der Waals surface area contributed by atoms with Crippen LogP contribution in [-0.2, 0) is 0 Å². The summed E-state index contributed by atoms with van der Waals surface area (Å²) in [5.74, 6) is -1.04. The first-order valence-electron chi connectivity index (χ1n) is 13.7. The maximum absolute atomic E-state index is 13.5. The molecule has 1 unspecified atom stereocenters. The van der Waals surface area contributed by atoms with Crippen LogP contribution in [0.5, 0.6) is 11.6 Å². The number of ether oxygens (including phenoxy) is 2. The molecule has 3 aromatic rings. The molecule has 1 saturated heterocycles. The number of anilines is 1. The lowest BCUT2D eigenvalue weighted by molar-refractivity contribution is -0.141. The summed E-state index contributed by atoms with van der Waals surface area (Å²) in [6, 6.07) is 11.1. The molecule has 226 valence electrons. The second kappa shape index (κ2) is 12.0. The SMILES string of the molecule is CCOc1ncccc1-c1ccc(OC2CC3(C2)CN(c2ccc(F)cc2C#N)C3)c(C(=O)NC(CO)CC(F)(F)F)n1. The first kappa shape index (κ1) is 30.0. The summed E-state index contributed by atoms with van der Waals surface area (Å²) in [7, 11) is 0. The Bertz CT molecular complexity index is 1530. The van der Waals surface area contributed by atoms with Crippen molar-refractivity contribution in [3.63, 3.8) is 0 Å². The van der Waals surface area contributed by atoms with Crippen LogP contribution in [0.25, 0.3) is 11.3 Å². The van der Waals surface area contributed by atoms with Gasteiger partial charge in [0.1, 0.15) is 18.0 Å². The fourth-order valence-corrected chi connectivity index (χ4v) is 5.62. The van der Waals surface area contributed by atoms with E-state index in [4.69, 9.17) is 9.47 Å². The first-order valence-corrected chi connectivity index (χ1v) is 13.7. The highest BCUT2D eigenvalue weighted by molar-refractivity contribution is 5.96. The number of carbonyl (C=O) groups excluding carboxylic acids is 1. The molecule has 1 spiro atoms. The highest BCUT2D eigenvalue weighted by Crippen LogP contribution is 2.51. The third kappa shape index (κ3) is 6.64. The van der Waals surface area contributed by atoms with Crippen LogP contribution < -0.4 is 19.7 Å². The van der Waals surface area contributed by atoms with Crippen LogP contribution in [0.2, 0.25) is 0 Å². The van der Waals surface area contributed by atoms with Crippen LogP contribution >= 0.6 is 0 Å². The molecule has 3 heterocycles. The molecule has 0 radical (unpaired) electrons. The van der Waals surface area contributed by atoms with Crippen molar-refractivity contribution < 1.29 is 36.9 Å². The lowest BCUT2D eigenvalue weighted by Gasteiger charge is -2.59. The van der Waals surface area contributed by atoms with E-state index in [1.165, 1.54) is 24.4 Å². The molecule has 2 fully saturated rings. The third-order valence-corrected chi connectivity index (χ3v) is 7.52. The summed E-state index contributed by atoms with van der Waals surface area (Å²) in [5, 5.41) is 21.1. The van der Waals surface area contributed by atoms with Gasteiger partial charge in [-0.1, -0.05) is 0 Å². The van der Waals surface area contributed by atoms with Gasteiger partial charge in [-0.3, -0.25) is 4.79 Å². The zero-order chi connectivity index (χ0) is 30.8. The molecule has 9 nitrogen and oxygen atoms in total. The second-order valence-electron chi connectivity index (χ2n) is 10.8. The number of carbonyl (C=O) groups is 1. The molecule has 2 aliphatic rings. The zero-order valence-electron chi connectivity index (χ0n) is 23.2. The molecule has 0 bridgehead atoms. The number of nitrogens with zero attached hydrogens (tertiary/aromatic N) is 4.